The molecule has 0 N–H and O–H groups in total. The second kappa shape index (κ2) is 19.1. The second-order valence-corrected chi connectivity index (χ2v) is 9.53. The van der Waals surface area contributed by atoms with Crippen molar-refractivity contribution in [2.75, 3.05) is 33.0 Å². The lowest BCUT2D eigenvalue weighted by Crippen LogP contribution is -2.07. The summed E-state index contributed by atoms with van der Waals surface area (Å²) in [6, 6.07) is 4.06. The van der Waals surface area contributed by atoms with E-state index in [1.54, 1.807) is 6.08 Å². The highest BCUT2D eigenvalue weighted by molar-refractivity contribution is 6.56. The van der Waals surface area contributed by atoms with Gasteiger partial charge in [0.15, 0.2) is 0 Å². The molecule has 0 aliphatic rings. The van der Waals surface area contributed by atoms with E-state index in [0.29, 0.717) is 26.4 Å². The van der Waals surface area contributed by atoms with Gasteiger partial charge in [-0.25, -0.2) is 0 Å². The minimum atomic E-state index is 0.163. The largest absolute Gasteiger partial charge is 0.493 e. The third-order valence-electron chi connectivity index (χ3n) is 4.74. The molecule has 0 aliphatic carbocycles. The summed E-state index contributed by atoms with van der Waals surface area (Å²) in [4.78, 5) is 5.06. The predicted molar refractivity (Wildman–Crippen MR) is 144 cm³/mol. The first kappa shape index (κ1) is 30.9. The van der Waals surface area contributed by atoms with Crippen molar-refractivity contribution < 1.29 is 19.0 Å². The number of hydrogen-bond donors (Lipinski definition) is 0. The maximum absolute atomic E-state index is 6.18. The van der Waals surface area contributed by atoms with Gasteiger partial charge < -0.3 is 19.0 Å². The molecule has 34 heavy (non-hydrogen) atoms. The zero-order valence-corrected chi connectivity index (χ0v) is 23.2. The first-order valence-electron chi connectivity index (χ1n) is 11.5. The van der Waals surface area contributed by atoms with E-state index in [4.69, 9.17) is 65.5 Å². The molecule has 0 bridgehead atoms. The van der Waals surface area contributed by atoms with Gasteiger partial charge in [-0.1, -0.05) is 71.8 Å². The van der Waals surface area contributed by atoms with Crippen molar-refractivity contribution in [2.45, 2.75) is 59.3 Å². The van der Waals surface area contributed by atoms with Crippen LogP contribution in [0.5, 0.6) is 11.5 Å². The van der Waals surface area contributed by atoms with Crippen LogP contribution in [0, 0.1) is 0 Å². The summed E-state index contributed by atoms with van der Waals surface area (Å²) < 4.78 is 17.9. The van der Waals surface area contributed by atoms with E-state index in [0.717, 1.165) is 66.9 Å². The van der Waals surface area contributed by atoms with Crippen LogP contribution in [0.4, 0.5) is 0 Å². The molecular formula is C25H35Cl4NO4. The molecule has 0 radical (unpaired) electrons. The van der Waals surface area contributed by atoms with E-state index in [-0.39, 0.29) is 15.6 Å². The molecule has 0 heterocycles. The van der Waals surface area contributed by atoms with Crippen LogP contribution in [0.2, 0.25) is 0 Å². The monoisotopic (exact) mass is 553 g/mol. The molecular weight excluding hydrogens is 520 g/mol. The van der Waals surface area contributed by atoms with Crippen molar-refractivity contribution in [3.8, 4) is 11.5 Å². The SMILES string of the molecule is CCc1cc(OCC=C(Cl)Cl)cc(CC)c1OCCCCCCOCC(C)=NOCC=C(Cl)Cl. The third kappa shape index (κ3) is 14.3. The van der Waals surface area contributed by atoms with Crippen molar-refractivity contribution in [3.63, 3.8) is 0 Å². The quantitative estimate of drug-likeness (QED) is 0.104. The van der Waals surface area contributed by atoms with Crippen LogP contribution in [0.1, 0.15) is 57.6 Å². The number of benzene rings is 1. The lowest BCUT2D eigenvalue weighted by atomic mass is 10.0. The fraction of sp³-hybridized carbons (Fsp3) is 0.560. The fourth-order valence-electron chi connectivity index (χ4n) is 3.05. The normalized spacial score (nSPS) is 11.2. The molecule has 1 aromatic carbocycles. The molecule has 192 valence electrons. The number of aryl methyl sites for hydroxylation is 2. The Kier molecular flexibility index (Phi) is 17.4. The van der Waals surface area contributed by atoms with Gasteiger partial charge in [0.25, 0.3) is 0 Å². The van der Waals surface area contributed by atoms with Gasteiger partial charge in [-0.2, -0.15) is 0 Å². The van der Waals surface area contributed by atoms with E-state index in [1.165, 1.54) is 6.08 Å². The Morgan fingerprint density at radius 3 is 2.00 bits per heavy atom. The van der Waals surface area contributed by atoms with Crippen LogP contribution >= 0.6 is 46.4 Å². The van der Waals surface area contributed by atoms with Gasteiger partial charge in [-0.3, -0.25) is 0 Å². The van der Waals surface area contributed by atoms with Gasteiger partial charge in [-0.05, 0) is 74.4 Å². The molecule has 0 saturated carbocycles. The van der Waals surface area contributed by atoms with Crippen LogP contribution in [-0.4, -0.2) is 38.7 Å². The van der Waals surface area contributed by atoms with Gasteiger partial charge in [0.1, 0.15) is 33.7 Å². The van der Waals surface area contributed by atoms with Gasteiger partial charge >= 0.3 is 0 Å². The molecule has 9 heteroatoms. The molecule has 0 atom stereocenters. The molecule has 0 aliphatic heterocycles. The maximum Gasteiger partial charge on any atom is 0.138 e. The average molecular weight is 555 g/mol. The summed E-state index contributed by atoms with van der Waals surface area (Å²) in [5, 5.41) is 3.93. The fourth-order valence-corrected chi connectivity index (χ4v) is 3.30. The smallest absolute Gasteiger partial charge is 0.138 e. The zero-order chi connectivity index (χ0) is 25.2. The average Bonchev–Trinajstić information content (AvgIpc) is 2.80. The number of nitrogens with zero attached hydrogens (tertiary/aromatic N) is 1. The molecule has 0 unspecified atom stereocenters. The van der Waals surface area contributed by atoms with Gasteiger partial charge in [0, 0.05) is 6.61 Å². The zero-order valence-electron chi connectivity index (χ0n) is 20.2. The standard InChI is InChI=1S/C25H35Cl4NO4/c1-4-20-16-22(32-14-10-23(26)27)17-21(5-2)25(20)33-13-9-7-6-8-12-31-18-19(3)30-34-15-11-24(28)29/h10-11,16-17H,4-9,12-15,18H2,1-3H3. The van der Waals surface area contributed by atoms with Crippen LogP contribution in [0.3, 0.4) is 0 Å². The lowest BCUT2D eigenvalue weighted by molar-refractivity contribution is 0.149. The predicted octanol–water partition coefficient (Wildman–Crippen LogP) is 8.18. The highest BCUT2D eigenvalue weighted by atomic mass is 35.5. The Bertz CT molecular complexity index is 779. The number of oxime groups is 1. The molecule has 1 rings (SSSR count). The van der Waals surface area contributed by atoms with E-state index in [1.807, 2.05) is 19.1 Å². The third-order valence-corrected chi connectivity index (χ3v) is 5.36. The summed E-state index contributed by atoms with van der Waals surface area (Å²) in [5.41, 5.74) is 3.06. The first-order chi connectivity index (χ1) is 16.4. The number of halogens is 4. The summed E-state index contributed by atoms with van der Waals surface area (Å²) in [6.07, 6.45) is 9.04. The molecule has 0 saturated heterocycles. The Hall–Kier alpha value is -1.11. The summed E-state index contributed by atoms with van der Waals surface area (Å²) in [6.45, 7) is 8.47. The van der Waals surface area contributed by atoms with E-state index >= 15 is 0 Å². The van der Waals surface area contributed by atoms with Crippen LogP contribution in [0.25, 0.3) is 0 Å². The number of ether oxygens (including phenoxy) is 3. The molecule has 0 aromatic heterocycles. The van der Waals surface area contributed by atoms with Crippen molar-refractivity contribution in [2.24, 2.45) is 5.16 Å². The second-order valence-electron chi connectivity index (χ2n) is 7.51. The van der Waals surface area contributed by atoms with Crippen molar-refractivity contribution in [3.05, 3.63) is 44.4 Å². The maximum atomic E-state index is 6.18. The highest BCUT2D eigenvalue weighted by Crippen LogP contribution is 2.31. The van der Waals surface area contributed by atoms with Crippen LogP contribution < -0.4 is 9.47 Å². The van der Waals surface area contributed by atoms with Crippen molar-refractivity contribution >= 4 is 52.1 Å². The Balaban J connectivity index is 2.30. The van der Waals surface area contributed by atoms with Crippen molar-refractivity contribution in [1.29, 1.82) is 0 Å². The highest BCUT2D eigenvalue weighted by Gasteiger charge is 2.11. The van der Waals surface area contributed by atoms with Crippen LogP contribution in [-0.2, 0) is 22.4 Å². The van der Waals surface area contributed by atoms with Crippen molar-refractivity contribution in [1.82, 2.24) is 0 Å². The van der Waals surface area contributed by atoms with E-state index < -0.39 is 0 Å². The molecule has 0 amide bonds. The number of unbranched alkanes of at least 4 members (excludes halogenated alkanes) is 3. The van der Waals surface area contributed by atoms with Crippen LogP contribution in [0.15, 0.2) is 38.4 Å². The Morgan fingerprint density at radius 1 is 0.824 bits per heavy atom. The molecule has 0 fully saturated rings. The molecule has 5 nitrogen and oxygen atoms in total. The Labute approximate surface area is 224 Å². The number of rotatable bonds is 18. The van der Waals surface area contributed by atoms with Gasteiger partial charge in [0.2, 0.25) is 0 Å². The van der Waals surface area contributed by atoms with E-state index in [9.17, 15) is 0 Å². The minimum Gasteiger partial charge on any atom is -0.493 e. The topological polar surface area (TPSA) is 49.3 Å². The number of hydrogen-bond acceptors (Lipinski definition) is 5. The summed E-state index contributed by atoms with van der Waals surface area (Å²) >= 11 is 22.3. The summed E-state index contributed by atoms with van der Waals surface area (Å²) in [7, 11) is 0. The first-order valence-corrected chi connectivity index (χ1v) is 13.0. The van der Waals surface area contributed by atoms with Gasteiger partial charge in [-0.15, -0.1) is 0 Å². The van der Waals surface area contributed by atoms with Gasteiger partial charge in [0.05, 0.1) is 18.9 Å². The molecule has 0 spiro atoms. The van der Waals surface area contributed by atoms with E-state index in [2.05, 4.69) is 19.0 Å². The molecule has 1 aromatic rings. The minimum absolute atomic E-state index is 0.163. The summed E-state index contributed by atoms with van der Waals surface area (Å²) in [5.74, 6) is 1.78. The lowest BCUT2D eigenvalue weighted by Gasteiger charge is -2.17. The Morgan fingerprint density at radius 2 is 1.41 bits per heavy atom.